The molecule has 1 amide bonds. The number of carbonyl (C=O) groups excluding carboxylic acids is 1. The number of amides is 1. The van der Waals surface area contributed by atoms with Crippen LogP contribution in [0.5, 0.6) is 0 Å². The van der Waals surface area contributed by atoms with Crippen molar-refractivity contribution in [3.8, 4) is 0 Å². The molecule has 0 spiro atoms. The van der Waals surface area contributed by atoms with Gasteiger partial charge in [-0.25, -0.2) is 4.98 Å². The van der Waals surface area contributed by atoms with Gasteiger partial charge in [-0.3, -0.25) is 9.78 Å². The molecule has 3 aromatic rings. The predicted molar refractivity (Wildman–Crippen MR) is 105 cm³/mol. The van der Waals surface area contributed by atoms with E-state index >= 15 is 0 Å². The number of hydrogen-bond donors (Lipinski definition) is 2. The van der Waals surface area contributed by atoms with Crippen LogP contribution in [0.4, 0.5) is 17.2 Å². The molecule has 2 N–H and O–H groups in total. The zero-order valence-corrected chi connectivity index (χ0v) is 15.0. The number of nitrogens with zero attached hydrogens (tertiary/aromatic N) is 2. The fraction of sp³-hybridized carbons (Fsp3) is 0.190. The van der Waals surface area contributed by atoms with Gasteiger partial charge in [-0.05, 0) is 48.2 Å². The van der Waals surface area contributed by atoms with Gasteiger partial charge in [0, 0.05) is 18.1 Å². The van der Waals surface area contributed by atoms with E-state index in [2.05, 4.69) is 52.6 Å². The van der Waals surface area contributed by atoms with Gasteiger partial charge in [-0.1, -0.05) is 32.0 Å². The summed E-state index contributed by atoms with van der Waals surface area (Å²) >= 11 is 0. The minimum atomic E-state index is -0.226. The third kappa shape index (κ3) is 4.06. The number of pyridine rings is 2. The fourth-order valence-corrected chi connectivity index (χ4v) is 2.77. The van der Waals surface area contributed by atoms with Gasteiger partial charge in [0.2, 0.25) is 0 Å². The molecule has 0 atom stereocenters. The van der Waals surface area contributed by atoms with Gasteiger partial charge in [-0.2, -0.15) is 0 Å². The van der Waals surface area contributed by atoms with Gasteiger partial charge in [0.25, 0.3) is 5.91 Å². The third-order valence-electron chi connectivity index (χ3n) is 4.20. The van der Waals surface area contributed by atoms with Crippen molar-refractivity contribution in [2.75, 3.05) is 10.6 Å². The monoisotopic (exact) mass is 346 g/mol. The van der Waals surface area contributed by atoms with Crippen LogP contribution in [0.1, 0.15) is 35.3 Å². The van der Waals surface area contributed by atoms with Crippen LogP contribution >= 0.6 is 0 Å². The van der Waals surface area contributed by atoms with Crippen LogP contribution in [0.15, 0.2) is 61.1 Å². The molecule has 132 valence electrons. The summed E-state index contributed by atoms with van der Waals surface area (Å²) in [5.74, 6) is 0.278. The average Bonchev–Trinajstić information content (AvgIpc) is 2.70. The number of aromatic nitrogens is 2. The summed E-state index contributed by atoms with van der Waals surface area (Å²) in [5, 5.41) is 6.25. The second kappa shape index (κ2) is 8.25. The van der Waals surface area contributed by atoms with Crippen LogP contribution in [-0.2, 0) is 12.8 Å². The Morgan fingerprint density at radius 2 is 1.73 bits per heavy atom. The molecule has 0 bridgehead atoms. The minimum Gasteiger partial charge on any atom is -0.354 e. The number of rotatable bonds is 6. The lowest BCUT2D eigenvalue weighted by molar-refractivity contribution is 0.102. The molecule has 0 fully saturated rings. The molecular formula is C21H22N4O. The first-order valence-electron chi connectivity index (χ1n) is 8.76. The van der Waals surface area contributed by atoms with E-state index in [0.29, 0.717) is 11.4 Å². The Kier molecular flexibility index (Phi) is 5.59. The molecule has 0 radical (unpaired) electrons. The van der Waals surface area contributed by atoms with Crippen LogP contribution in [0.2, 0.25) is 0 Å². The van der Waals surface area contributed by atoms with Gasteiger partial charge in [0.05, 0.1) is 17.4 Å². The Labute approximate surface area is 153 Å². The fourth-order valence-electron chi connectivity index (χ4n) is 2.77. The summed E-state index contributed by atoms with van der Waals surface area (Å²) in [7, 11) is 0. The Bertz CT molecular complexity index is 854. The number of para-hydroxylation sites is 1. The minimum absolute atomic E-state index is 0.226. The molecule has 0 saturated heterocycles. The summed E-state index contributed by atoms with van der Waals surface area (Å²) in [6.45, 7) is 4.30. The average molecular weight is 346 g/mol. The standard InChI is InChI=1S/C21H22N4O/c1-3-15-7-5-8-16(4-2)20(15)24-18-10-11-19(23-14-18)25-21(26)17-9-6-12-22-13-17/h5-14,24H,3-4H2,1-2H3,(H,23,25,26). The number of hydrogen-bond acceptors (Lipinski definition) is 4. The van der Waals surface area contributed by atoms with E-state index in [1.807, 2.05) is 6.07 Å². The van der Waals surface area contributed by atoms with Gasteiger partial charge >= 0.3 is 0 Å². The van der Waals surface area contributed by atoms with Crippen LogP contribution in [0, 0.1) is 0 Å². The summed E-state index contributed by atoms with van der Waals surface area (Å²) in [6.07, 6.45) is 6.81. The highest BCUT2D eigenvalue weighted by atomic mass is 16.1. The zero-order chi connectivity index (χ0) is 18.4. The summed E-state index contributed by atoms with van der Waals surface area (Å²) < 4.78 is 0. The second-order valence-electron chi connectivity index (χ2n) is 5.91. The van der Waals surface area contributed by atoms with Crippen molar-refractivity contribution in [1.82, 2.24) is 9.97 Å². The Morgan fingerprint density at radius 3 is 2.31 bits per heavy atom. The molecule has 0 aliphatic rings. The SMILES string of the molecule is CCc1cccc(CC)c1Nc1ccc(NC(=O)c2cccnc2)nc1. The molecular weight excluding hydrogens is 324 g/mol. The lowest BCUT2D eigenvalue weighted by Crippen LogP contribution is -2.13. The van der Waals surface area contributed by atoms with Crippen molar-refractivity contribution in [2.24, 2.45) is 0 Å². The second-order valence-corrected chi connectivity index (χ2v) is 5.91. The molecule has 0 saturated carbocycles. The van der Waals surface area contributed by atoms with E-state index in [9.17, 15) is 4.79 Å². The molecule has 0 unspecified atom stereocenters. The molecule has 2 aromatic heterocycles. The molecule has 0 aliphatic carbocycles. The number of nitrogens with one attached hydrogen (secondary N) is 2. The number of aryl methyl sites for hydroxylation is 2. The van der Waals surface area contributed by atoms with Gasteiger partial charge in [0.1, 0.15) is 5.82 Å². The topological polar surface area (TPSA) is 66.9 Å². The molecule has 3 rings (SSSR count). The maximum atomic E-state index is 12.2. The first-order chi connectivity index (χ1) is 12.7. The molecule has 5 nitrogen and oxygen atoms in total. The van der Waals surface area contributed by atoms with Crippen LogP contribution in [-0.4, -0.2) is 15.9 Å². The summed E-state index contributed by atoms with van der Waals surface area (Å²) in [6, 6.07) is 13.5. The quantitative estimate of drug-likeness (QED) is 0.685. The zero-order valence-electron chi connectivity index (χ0n) is 15.0. The van der Waals surface area contributed by atoms with Crippen molar-refractivity contribution in [2.45, 2.75) is 26.7 Å². The number of carbonyl (C=O) groups is 1. The Balaban J connectivity index is 1.74. The van der Waals surface area contributed by atoms with Crippen LogP contribution in [0.25, 0.3) is 0 Å². The van der Waals surface area contributed by atoms with Gasteiger partial charge in [0.15, 0.2) is 0 Å². The number of anilines is 3. The number of benzene rings is 1. The Morgan fingerprint density at radius 1 is 0.962 bits per heavy atom. The first kappa shape index (κ1) is 17.6. The smallest absolute Gasteiger partial charge is 0.258 e. The highest BCUT2D eigenvalue weighted by Gasteiger charge is 2.09. The lowest BCUT2D eigenvalue weighted by atomic mass is 10.0. The van der Waals surface area contributed by atoms with E-state index in [-0.39, 0.29) is 5.91 Å². The van der Waals surface area contributed by atoms with E-state index in [1.165, 1.54) is 17.3 Å². The van der Waals surface area contributed by atoms with Crippen molar-refractivity contribution in [3.05, 3.63) is 77.7 Å². The molecule has 26 heavy (non-hydrogen) atoms. The van der Waals surface area contributed by atoms with Crippen molar-refractivity contribution in [1.29, 1.82) is 0 Å². The third-order valence-corrected chi connectivity index (χ3v) is 4.20. The highest BCUT2D eigenvalue weighted by Crippen LogP contribution is 2.26. The Hall–Kier alpha value is -3.21. The normalized spacial score (nSPS) is 10.4. The predicted octanol–water partition coefficient (Wildman–Crippen LogP) is 4.60. The van der Waals surface area contributed by atoms with Crippen molar-refractivity contribution in [3.63, 3.8) is 0 Å². The van der Waals surface area contributed by atoms with E-state index in [4.69, 9.17) is 0 Å². The van der Waals surface area contributed by atoms with E-state index in [0.717, 1.165) is 24.2 Å². The first-order valence-corrected chi connectivity index (χ1v) is 8.76. The highest BCUT2D eigenvalue weighted by molar-refractivity contribution is 6.03. The summed E-state index contributed by atoms with van der Waals surface area (Å²) in [5.41, 5.74) is 5.09. The lowest BCUT2D eigenvalue weighted by Gasteiger charge is -2.15. The maximum absolute atomic E-state index is 12.2. The van der Waals surface area contributed by atoms with Crippen molar-refractivity contribution >= 4 is 23.1 Å². The molecule has 0 aliphatic heterocycles. The van der Waals surface area contributed by atoms with Crippen LogP contribution in [0.3, 0.4) is 0 Å². The maximum Gasteiger partial charge on any atom is 0.258 e. The van der Waals surface area contributed by atoms with Gasteiger partial charge < -0.3 is 10.6 Å². The molecule has 1 aromatic carbocycles. The largest absolute Gasteiger partial charge is 0.354 e. The van der Waals surface area contributed by atoms with E-state index < -0.39 is 0 Å². The summed E-state index contributed by atoms with van der Waals surface area (Å²) in [4.78, 5) is 20.4. The van der Waals surface area contributed by atoms with Gasteiger partial charge in [-0.15, -0.1) is 0 Å². The molecule has 5 heteroatoms. The van der Waals surface area contributed by atoms with Crippen LogP contribution < -0.4 is 10.6 Å². The van der Waals surface area contributed by atoms with E-state index in [1.54, 1.807) is 30.6 Å². The van der Waals surface area contributed by atoms with Crippen molar-refractivity contribution < 1.29 is 4.79 Å². The molecule has 2 heterocycles.